The Bertz CT molecular complexity index is 1670. The fourth-order valence-corrected chi connectivity index (χ4v) is 3.55. The largest absolute Gasteiger partial charge is 0.508 e. The number of ether oxygens (including phenoxy) is 4. The maximum atomic E-state index is 12.3. The summed E-state index contributed by atoms with van der Waals surface area (Å²) in [6.45, 7) is 21.8. The zero-order valence-corrected chi connectivity index (χ0v) is 36.3. The van der Waals surface area contributed by atoms with Gasteiger partial charge in [0.05, 0.1) is 41.3 Å². The van der Waals surface area contributed by atoms with Gasteiger partial charge in [0.25, 0.3) is 5.91 Å². The first-order valence-corrected chi connectivity index (χ1v) is 17.8. The second-order valence-corrected chi connectivity index (χ2v) is 9.58. The van der Waals surface area contributed by atoms with Crippen LogP contribution < -0.4 is 41.5 Å². The van der Waals surface area contributed by atoms with Crippen LogP contribution >= 0.6 is 0 Å². The Labute approximate surface area is 344 Å². The van der Waals surface area contributed by atoms with Crippen molar-refractivity contribution in [2.45, 2.75) is 55.4 Å². The molecule has 0 aliphatic rings. The molecule has 2 amide bonds. The van der Waals surface area contributed by atoms with Crippen molar-refractivity contribution < 1.29 is 43.1 Å². The highest BCUT2D eigenvalue weighted by molar-refractivity contribution is 6.06. The maximum Gasteiger partial charge on any atom is 0.255 e. The van der Waals surface area contributed by atoms with Gasteiger partial charge in [-0.3, -0.25) is 14.0 Å². The van der Waals surface area contributed by atoms with E-state index in [2.05, 4.69) is 35.1 Å². The molecule has 324 valence electrons. The van der Waals surface area contributed by atoms with Gasteiger partial charge in [0.15, 0.2) is 0 Å². The van der Waals surface area contributed by atoms with E-state index < -0.39 is 5.91 Å². The quantitative estimate of drug-likeness (QED) is 0.0724. The molecule has 14 nitrogen and oxygen atoms in total. The molecule has 0 heterocycles. The zero-order valence-electron chi connectivity index (χ0n) is 36.3. The molecule has 0 atom stereocenters. The number of benzene rings is 4. The number of halogens is 1. The number of nitrogens with two attached hydrogens (primary N) is 3. The lowest BCUT2D eigenvalue weighted by atomic mass is 10.1. The van der Waals surface area contributed by atoms with E-state index in [9.17, 15) is 18.9 Å². The lowest BCUT2D eigenvalue weighted by molar-refractivity contribution is 0.0997. The van der Waals surface area contributed by atoms with Gasteiger partial charge >= 0.3 is 0 Å². The van der Waals surface area contributed by atoms with Gasteiger partial charge in [-0.25, -0.2) is 0 Å². The molecule has 0 bridgehead atoms. The first-order chi connectivity index (χ1) is 27.8. The number of primary amides is 1. The second kappa shape index (κ2) is 39.9. The Hall–Kier alpha value is -6.77. The summed E-state index contributed by atoms with van der Waals surface area (Å²) in [5.41, 5.74) is 17.2. The molecule has 15 heteroatoms. The molecule has 0 saturated carbocycles. The molecule has 0 aromatic heterocycles. The smallest absolute Gasteiger partial charge is 0.255 e. The third-order valence-corrected chi connectivity index (χ3v) is 5.93. The third kappa shape index (κ3) is 26.9. The molecule has 0 aliphatic heterocycles. The molecule has 4 aromatic rings. The average Bonchev–Trinajstić information content (AvgIpc) is 3.26. The molecule has 0 radical (unpaired) electrons. The van der Waals surface area contributed by atoms with Crippen molar-refractivity contribution in [1.82, 2.24) is 0 Å². The first-order valence-electron chi connectivity index (χ1n) is 17.8. The van der Waals surface area contributed by atoms with Crippen molar-refractivity contribution in [3.8, 4) is 34.5 Å². The summed E-state index contributed by atoms with van der Waals surface area (Å²) in [6.07, 6.45) is 2.50. The number of amides is 2. The Balaban J connectivity index is -0.000000222. The van der Waals surface area contributed by atoms with E-state index in [4.69, 9.17) is 34.9 Å². The molecule has 58 heavy (non-hydrogen) atoms. The predicted octanol–water partition coefficient (Wildman–Crippen LogP) is 9.71. The van der Waals surface area contributed by atoms with Crippen LogP contribution in [-0.2, 0) is 0 Å². The molecular formula is C43H66FN5O9. The topological polar surface area (TPSA) is 231 Å². The minimum atomic E-state index is -0.503. The van der Waals surface area contributed by atoms with Crippen molar-refractivity contribution >= 4 is 23.2 Å². The minimum Gasteiger partial charge on any atom is -0.508 e. The summed E-state index contributed by atoms with van der Waals surface area (Å²) in [6, 6.07) is 19.1. The van der Waals surface area contributed by atoms with Gasteiger partial charge in [0.1, 0.15) is 40.2 Å². The van der Waals surface area contributed by atoms with E-state index in [-0.39, 0.29) is 23.1 Å². The van der Waals surface area contributed by atoms with Crippen LogP contribution in [0.2, 0.25) is 0 Å². The summed E-state index contributed by atoms with van der Waals surface area (Å²) in [5.74, 6) is 1.62. The van der Waals surface area contributed by atoms with Crippen LogP contribution in [0.15, 0.2) is 104 Å². The van der Waals surface area contributed by atoms with Crippen molar-refractivity contribution in [3.05, 3.63) is 126 Å². The van der Waals surface area contributed by atoms with Crippen LogP contribution in [0.1, 0.15) is 73.4 Å². The van der Waals surface area contributed by atoms with Gasteiger partial charge < -0.3 is 51.7 Å². The fraction of sp³-hybridized carbons (Fsp3) is 0.302. The lowest BCUT2D eigenvalue weighted by Gasteiger charge is -2.10. The van der Waals surface area contributed by atoms with E-state index in [0.29, 0.717) is 52.6 Å². The SMILES string of the molecule is C=CN.C=CN.CC.CC.CC.CF.COc1cc(OC)cc(C(=O)Nc2ccc(C)cc2N=O)c1.COc1cc(OC)cc(C(N)=O)c1.Cc1cc(O)ccc1O. The minimum absolute atomic E-state index is 0.184. The van der Waals surface area contributed by atoms with Crippen LogP contribution in [-0.4, -0.2) is 57.6 Å². The number of alkyl halides is 1. The van der Waals surface area contributed by atoms with E-state index in [0.717, 1.165) is 5.56 Å². The standard InChI is InChI=1S/C16H16N2O4.C9H11NO3.C7H8O2.2C2H5N.3C2H6.CH3F/c1-10-4-5-14(15(6-10)18-20)17-16(19)11-7-12(21-2)9-13(8-11)22-3;1-12-7-3-6(9(10)11)4-8(5-7)13-2;1-5-4-6(8)2-3-7(5)9;2*1-2-3;4*1-2/h4-9H,1-3H3,(H,17,19);3-5H,1-2H3,(H2,10,11);2-4,8-9H,1H3;2*2H,1,3H2;3*1-2H3;1H3. The van der Waals surface area contributed by atoms with E-state index in [1.165, 1.54) is 59.0 Å². The number of nitrogens with one attached hydrogen (secondary N) is 1. The number of aromatic hydroxyl groups is 2. The number of methoxy groups -OCH3 is 4. The Morgan fingerprint density at radius 3 is 1.36 bits per heavy atom. The van der Waals surface area contributed by atoms with Crippen molar-refractivity contribution in [2.24, 2.45) is 22.4 Å². The van der Waals surface area contributed by atoms with Gasteiger partial charge in [-0.2, -0.15) is 0 Å². The number of anilines is 1. The predicted molar refractivity (Wildman–Crippen MR) is 237 cm³/mol. The number of hydrogen-bond acceptors (Lipinski definition) is 12. The van der Waals surface area contributed by atoms with Crippen LogP contribution in [0.25, 0.3) is 0 Å². The number of nitroso groups, excluding NO2 is 1. The van der Waals surface area contributed by atoms with E-state index >= 15 is 0 Å². The maximum absolute atomic E-state index is 12.3. The molecule has 0 aliphatic carbocycles. The summed E-state index contributed by atoms with van der Waals surface area (Å²) in [5, 5.41) is 23.4. The van der Waals surface area contributed by atoms with Crippen molar-refractivity contribution in [2.75, 3.05) is 40.9 Å². The number of hydrogen-bond donors (Lipinski definition) is 6. The number of nitrogens with zero attached hydrogens (tertiary/aromatic N) is 1. The van der Waals surface area contributed by atoms with Crippen LogP contribution in [0.4, 0.5) is 15.8 Å². The Kier molecular flexibility index (Phi) is 41.6. The number of carbonyl (C=O) groups excluding carboxylic acids is 2. The molecule has 4 aromatic carbocycles. The van der Waals surface area contributed by atoms with Gasteiger partial charge in [-0.05, 0) is 97.1 Å². The molecule has 0 saturated heterocycles. The van der Waals surface area contributed by atoms with Crippen LogP contribution in [0.3, 0.4) is 0 Å². The molecular weight excluding hydrogens is 749 g/mol. The first kappa shape index (κ1) is 60.5. The monoisotopic (exact) mass is 815 g/mol. The van der Waals surface area contributed by atoms with Gasteiger partial charge in [0, 0.05) is 23.3 Å². The lowest BCUT2D eigenvalue weighted by Crippen LogP contribution is -2.12. The Morgan fingerprint density at radius 1 is 0.672 bits per heavy atom. The highest BCUT2D eigenvalue weighted by Gasteiger charge is 2.13. The van der Waals surface area contributed by atoms with Gasteiger partial charge in [-0.1, -0.05) is 60.8 Å². The molecule has 0 spiro atoms. The normalized spacial score (nSPS) is 8.17. The van der Waals surface area contributed by atoms with Gasteiger partial charge in [-0.15, -0.1) is 4.91 Å². The third-order valence-electron chi connectivity index (χ3n) is 5.93. The number of rotatable bonds is 8. The average molecular weight is 816 g/mol. The summed E-state index contributed by atoms with van der Waals surface area (Å²) in [7, 11) is 6.54. The highest BCUT2D eigenvalue weighted by Crippen LogP contribution is 2.28. The molecule has 9 N–H and O–H groups in total. The summed E-state index contributed by atoms with van der Waals surface area (Å²) < 4.78 is 29.7. The van der Waals surface area contributed by atoms with Crippen LogP contribution in [0.5, 0.6) is 34.5 Å². The van der Waals surface area contributed by atoms with E-state index in [1.54, 1.807) is 61.5 Å². The van der Waals surface area contributed by atoms with E-state index in [1.807, 2.05) is 48.5 Å². The zero-order chi connectivity index (χ0) is 46.2. The molecule has 0 unspecified atom stereocenters. The van der Waals surface area contributed by atoms with Gasteiger partial charge in [0.2, 0.25) is 5.91 Å². The number of carbonyl (C=O) groups is 2. The summed E-state index contributed by atoms with van der Waals surface area (Å²) in [4.78, 5) is 34.0. The number of aryl methyl sites for hydroxylation is 2. The Morgan fingerprint density at radius 2 is 1.05 bits per heavy atom. The molecule has 4 rings (SSSR count). The number of phenolic OH excluding ortho intramolecular Hbond substituents is 2. The van der Waals surface area contributed by atoms with Crippen molar-refractivity contribution in [1.29, 1.82) is 0 Å². The molecule has 0 fully saturated rings. The van der Waals surface area contributed by atoms with Crippen LogP contribution in [0, 0.1) is 18.8 Å². The second-order valence-electron chi connectivity index (χ2n) is 9.58. The highest BCUT2D eigenvalue weighted by atomic mass is 19.1. The van der Waals surface area contributed by atoms with Crippen molar-refractivity contribution in [3.63, 3.8) is 0 Å². The number of phenols is 2. The fourth-order valence-electron chi connectivity index (χ4n) is 3.55. The summed E-state index contributed by atoms with van der Waals surface area (Å²) >= 11 is 0.